The van der Waals surface area contributed by atoms with Crippen molar-refractivity contribution in [1.82, 2.24) is 9.55 Å². The van der Waals surface area contributed by atoms with Crippen LogP contribution in [0.25, 0.3) is 11.0 Å². The highest BCUT2D eigenvalue weighted by Crippen LogP contribution is 2.33. The minimum Gasteiger partial charge on any atom is -0.487 e. The van der Waals surface area contributed by atoms with Crippen LogP contribution in [0.5, 0.6) is 5.75 Å². The predicted octanol–water partition coefficient (Wildman–Crippen LogP) is 3.74. The lowest BCUT2D eigenvalue weighted by Gasteiger charge is -2.15. The molecular weight excluding hydrogens is 272 g/mol. The smallest absolute Gasteiger partial charge is 0.150 e. The fourth-order valence-corrected chi connectivity index (χ4v) is 3.37. The number of aryl methyl sites for hydroxylation is 3. The first-order chi connectivity index (χ1) is 10.6. The standard InChI is InChI=1S/C19H20N2O/c1-12-8-9-17-18(20-13(2)21(17)3)19(12)22-16-10-14-6-4-5-7-15(14)11-16/h4-9,16H,10-11H2,1-3H3. The minimum atomic E-state index is 0.212. The number of benzene rings is 2. The van der Waals surface area contributed by atoms with Crippen molar-refractivity contribution in [3.63, 3.8) is 0 Å². The molecule has 4 rings (SSSR count). The van der Waals surface area contributed by atoms with Crippen LogP contribution in [0.1, 0.15) is 22.5 Å². The molecule has 0 atom stereocenters. The molecule has 2 aromatic carbocycles. The molecule has 3 aromatic rings. The van der Waals surface area contributed by atoms with Crippen molar-refractivity contribution < 1.29 is 4.74 Å². The zero-order valence-corrected chi connectivity index (χ0v) is 13.3. The summed E-state index contributed by atoms with van der Waals surface area (Å²) < 4.78 is 8.51. The molecular formula is C19H20N2O. The Kier molecular flexibility index (Phi) is 2.96. The van der Waals surface area contributed by atoms with Crippen LogP contribution < -0.4 is 4.74 Å². The molecule has 0 amide bonds. The Morgan fingerprint density at radius 3 is 2.41 bits per heavy atom. The highest BCUT2D eigenvalue weighted by atomic mass is 16.5. The molecule has 0 aliphatic heterocycles. The van der Waals surface area contributed by atoms with E-state index in [-0.39, 0.29) is 6.10 Å². The van der Waals surface area contributed by atoms with E-state index in [4.69, 9.17) is 9.72 Å². The summed E-state index contributed by atoms with van der Waals surface area (Å²) >= 11 is 0. The maximum absolute atomic E-state index is 6.39. The molecule has 0 N–H and O–H groups in total. The number of nitrogens with zero attached hydrogens (tertiary/aromatic N) is 2. The van der Waals surface area contributed by atoms with E-state index in [0.29, 0.717) is 0 Å². The average molecular weight is 292 g/mol. The number of fused-ring (bicyclic) bond motifs is 2. The Labute approximate surface area is 130 Å². The number of rotatable bonds is 2. The van der Waals surface area contributed by atoms with Gasteiger partial charge in [0.2, 0.25) is 0 Å². The van der Waals surface area contributed by atoms with Crippen molar-refractivity contribution >= 4 is 11.0 Å². The van der Waals surface area contributed by atoms with Gasteiger partial charge in [0.1, 0.15) is 23.2 Å². The minimum absolute atomic E-state index is 0.212. The van der Waals surface area contributed by atoms with Gasteiger partial charge in [0.25, 0.3) is 0 Å². The van der Waals surface area contributed by atoms with Gasteiger partial charge in [-0.15, -0.1) is 0 Å². The van der Waals surface area contributed by atoms with E-state index in [1.165, 1.54) is 11.1 Å². The van der Waals surface area contributed by atoms with Gasteiger partial charge in [-0.1, -0.05) is 30.3 Å². The molecule has 22 heavy (non-hydrogen) atoms. The SMILES string of the molecule is Cc1ccc2c(nc(C)n2C)c1OC1Cc2ccccc2C1. The number of hydrogen-bond donors (Lipinski definition) is 0. The molecule has 3 heteroatoms. The third-order valence-electron chi connectivity index (χ3n) is 4.73. The summed E-state index contributed by atoms with van der Waals surface area (Å²) in [6.07, 6.45) is 2.18. The van der Waals surface area contributed by atoms with Gasteiger partial charge in [0.15, 0.2) is 0 Å². The molecule has 0 radical (unpaired) electrons. The van der Waals surface area contributed by atoms with Gasteiger partial charge in [-0.05, 0) is 36.6 Å². The molecule has 0 spiro atoms. The molecule has 1 heterocycles. The highest BCUT2D eigenvalue weighted by molar-refractivity contribution is 5.84. The summed E-state index contributed by atoms with van der Waals surface area (Å²) in [4.78, 5) is 4.70. The normalized spacial score (nSPS) is 14.5. The summed E-state index contributed by atoms with van der Waals surface area (Å²) in [5, 5.41) is 0. The first kappa shape index (κ1) is 13.4. The van der Waals surface area contributed by atoms with Crippen LogP contribution >= 0.6 is 0 Å². The van der Waals surface area contributed by atoms with E-state index < -0.39 is 0 Å². The molecule has 0 fully saturated rings. The second-order valence-corrected chi connectivity index (χ2v) is 6.21. The van der Waals surface area contributed by atoms with Gasteiger partial charge in [-0.2, -0.15) is 0 Å². The summed E-state index contributed by atoms with van der Waals surface area (Å²) in [7, 11) is 2.05. The van der Waals surface area contributed by atoms with E-state index >= 15 is 0 Å². The topological polar surface area (TPSA) is 27.1 Å². The largest absolute Gasteiger partial charge is 0.487 e. The van der Waals surface area contributed by atoms with Crippen molar-refractivity contribution in [2.24, 2.45) is 7.05 Å². The Hall–Kier alpha value is -2.29. The molecule has 0 saturated heterocycles. The summed E-state index contributed by atoms with van der Waals surface area (Å²) in [6, 6.07) is 12.9. The Balaban J connectivity index is 1.71. The van der Waals surface area contributed by atoms with Crippen LogP contribution in [0, 0.1) is 13.8 Å². The number of imidazole rings is 1. The lowest BCUT2D eigenvalue weighted by Crippen LogP contribution is -2.17. The van der Waals surface area contributed by atoms with E-state index in [2.05, 4.69) is 54.9 Å². The van der Waals surface area contributed by atoms with Gasteiger partial charge in [-0.3, -0.25) is 0 Å². The first-order valence-corrected chi connectivity index (χ1v) is 7.79. The predicted molar refractivity (Wildman–Crippen MR) is 88.5 cm³/mol. The van der Waals surface area contributed by atoms with Crippen LogP contribution in [0.3, 0.4) is 0 Å². The Bertz CT molecular complexity index is 838. The summed E-state index contributed by atoms with van der Waals surface area (Å²) in [6.45, 7) is 4.13. The van der Waals surface area contributed by atoms with Crippen LogP contribution in [0.4, 0.5) is 0 Å². The van der Waals surface area contributed by atoms with Crippen LogP contribution in [0.2, 0.25) is 0 Å². The number of ether oxygens (including phenoxy) is 1. The van der Waals surface area contributed by atoms with Crippen LogP contribution in [-0.4, -0.2) is 15.7 Å². The highest BCUT2D eigenvalue weighted by Gasteiger charge is 2.24. The molecule has 1 aromatic heterocycles. The van der Waals surface area contributed by atoms with E-state index in [0.717, 1.165) is 41.0 Å². The van der Waals surface area contributed by atoms with Crippen molar-refractivity contribution in [2.75, 3.05) is 0 Å². The molecule has 1 aliphatic carbocycles. The maximum Gasteiger partial charge on any atom is 0.150 e. The zero-order valence-electron chi connectivity index (χ0n) is 13.3. The van der Waals surface area contributed by atoms with Gasteiger partial charge in [0.05, 0.1) is 5.52 Å². The fraction of sp³-hybridized carbons (Fsp3) is 0.316. The lowest BCUT2D eigenvalue weighted by molar-refractivity contribution is 0.215. The van der Waals surface area contributed by atoms with Gasteiger partial charge in [0, 0.05) is 19.9 Å². The zero-order chi connectivity index (χ0) is 15.3. The third-order valence-corrected chi connectivity index (χ3v) is 4.73. The quantitative estimate of drug-likeness (QED) is 0.719. The van der Waals surface area contributed by atoms with E-state index in [1.807, 2.05) is 6.92 Å². The first-order valence-electron chi connectivity index (χ1n) is 7.79. The monoisotopic (exact) mass is 292 g/mol. The van der Waals surface area contributed by atoms with Crippen molar-refractivity contribution in [2.45, 2.75) is 32.8 Å². The Morgan fingerprint density at radius 1 is 1.05 bits per heavy atom. The van der Waals surface area contributed by atoms with Gasteiger partial charge < -0.3 is 9.30 Å². The molecule has 112 valence electrons. The van der Waals surface area contributed by atoms with E-state index in [9.17, 15) is 0 Å². The van der Waals surface area contributed by atoms with Crippen molar-refractivity contribution in [3.8, 4) is 5.75 Å². The summed E-state index contributed by atoms with van der Waals surface area (Å²) in [5.74, 6) is 1.96. The molecule has 3 nitrogen and oxygen atoms in total. The second-order valence-electron chi connectivity index (χ2n) is 6.21. The Morgan fingerprint density at radius 2 is 1.73 bits per heavy atom. The fourth-order valence-electron chi connectivity index (χ4n) is 3.37. The number of aromatic nitrogens is 2. The van der Waals surface area contributed by atoms with Crippen molar-refractivity contribution in [1.29, 1.82) is 0 Å². The molecule has 0 unspecified atom stereocenters. The molecule has 0 bridgehead atoms. The molecule has 0 saturated carbocycles. The number of hydrogen-bond acceptors (Lipinski definition) is 2. The van der Waals surface area contributed by atoms with E-state index in [1.54, 1.807) is 0 Å². The van der Waals surface area contributed by atoms with Crippen molar-refractivity contribution in [3.05, 3.63) is 58.9 Å². The van der Waals surface area contributed by atoms with Gasteiger partial charge in [-0.25, -0.2) is 4.98 Å². The van der Waals surface area contributed by atoms with Crippen LogP contribution in [-0.2, 0) is 19.9 Å². The molecule has 1 aliphatic rings. The second kappa shape index (κ2) is 4.87. The van der Waals surface area contributed by atoms with Gasteiger partial charge >= 0.3 is 0 Å². The summed E-state index contributed by atoms with van der Waals surface area (Å²) in [5.41, 5.74) is 6.09. The average Bonchev–Trinajstić information content (AvgIpc) is 3.04. The lowest BCUT2D eigenvalue weighted by atomic mass is 10.1. The third kappa shape index (κ3) is 2.00. The maximum atomic E-state index is 6.39. The van der Waals surface area contributed by atoms with Crippen LogP contribution in [0.15, 0.2) is 36.4 Å².